The third kappa shape index (κ3) is 2.81. The van der Waals surface area contributed by atoms with E-state index in [2.05, 4.69) is 5.32 Å². The second-order valence-electron chi connectivity index (χ2n) is 3.57. The number of hydrogen-bond donors (Lipinski definition) is 1. The van der Waals surface area contributed by atoms with E-state index < -0.39 is 18.9 Å². The Morgan fingerprint density at radius 1 is 1.50 bits per heavy atom. The summed E-state index contributed by atoms with van der Waals surface area (Å²) < 4.78 is 48.9. The summed E-state index contributed by atoms with van der Waals surface area (Å²) in [5, 5.41) is 2.93. The van der Waals surface area contributed by atoms with Crippen LogP contribution in [0.25, 0.3) is 0 Å². The SMILES string of the molecule is CNC1CCN(CC(F)(F)C(F)F)C1. The van der Waals surface area contributed by atoms with Gasteiger partial charge in [-0.05, 0) is 20.0 Å². The molecule has 1 heterocycles. The molecule has 14 heavy (non-hydrogen) atoms. The second kappa shape index (κ2) is 4.44. The summed E-state index contributed by atoms with van der Waals surface area (Å²) >= 11 is 0. The quantitative estimate of drug-likeness (QED) is 0.707. The van der Waals surface area contributed by atoms with E-state index in [9.17, 15) is 17.6 Å². The molecule has 1 unspecified atom stereocenters. The zero-order chi connectivity index (χ0) is 10.8. The standard InChI is InChI=1S/C8H14F4N2/c1-13-6-2-3-14(4-6)5-8(11,12)7(9)10/h6-7,13H,2-5H2,1H3. The molecular weight excluding hydrogens is 200 g/mol. The van der Waals surface area contributed by atoms with Gasteiger partial charge in [0.15, 0.2) is 0 Å². The molecule has 0 amide bonds. The van der Waals surface area contributed by atoms with Crippen LogP contribution in [-0.2, 0) is 0 Å². The van der Waals surface area contributed by atoms with Crippen LogP contribution in [0.1, 0.15) is 6.42 Å². The third-order valence-electron chi connectivity index (χ3n) is 2.43. The van der Waals surface area contributed by atoms with Crippen molar-refractivity contribution < 1.29 is 17.6 Å². The van der Waals surface area contributed by atoms with Gasteiger partial charge >= 0.3 is 12.3 Å². The molecular formula is C8H14F4N2. The molecule has 2 nitrogen and oxygen atoms in total. The fourth-order valence-corrected chi connectivity index (χ4v) is 1.58. The van der Waals surface area contributed by atoms with E-state index in [0.717, 1.165) is 6.42 Å². The van der Waals surface area contributed by atoms with Gasteiger partial charge in [-0.3, -0.25) is 4.90 Å². The van der Waals surface area contributed by atoms with Gasteiger partial charge in [0.05, 0.1) is 6.54 Å². The van der Waals surface area contributed by atoms with Crippen LogP contribution in [0.5, 0.6) is 0 Å². The van der Waals surface area contributed by atoms with E-state index in [4.69, 9.17) is 0 Å². The van der Waals surface area contributed by atoms with E-state index in [1.165, 1.54) is 4.90 Å². The molecule has 0 aromatic heterocycles. The molecule has 1 N–H and O–H groups in total. The van der Waals surface area contributed by atoms with Crippen LogP contribution in [0.3, 0.4) is 0 Å². The molecule has 1 fully saturated rings. The van der Waals surface area contributed by atoms with Gasteiger partial charge < -0.3 is 5.32 Å². The summed E-state index contributed by atoms with van der Waals surface area (Å²) in [6, 6.07) is 0.142. The lowest BCUT2D eigenvalue weighted by Gasteiger charge is -2.22. The number of rotatable bonds is 4. The first kappa shape index (κ1) is 11.7. The minimum Gasteiger partial charge on any atom is -0.316 e. The number of nitrogens with one attached hydrogen (secondary N) is 1. The molecule has 1 rings (SSSR count). The molecule has 0 saturated carbocycles. The first-order valence-corrected chi connectivity index (χ1v) is 4.51. The van der Waals surface area contributed by atoms with Crippen LogP contribution < -0.4 is 5.32 Å². The van der Waals surface area contributed by atoms with E-state index in [0.29, 0.717) is 13.1 Å². The summed E-state index contributed by atoms with van der Waals surface area (Å²) in [5.74, 6) is -3.89. The molecule has 0 aromatic carbocycles. The molecule has 0 aliphatic carbocycles. The van der Waals surface area contributed by atoms with Crippen molar-refractivity contribution >= 4 is 0 Å². The molecule has 0 aromatic rings. The van der Waals surface area contributed by atoms with Gasteiger partial charge in [0.2, 0.25) is 0 Å². The number of likely N-dealkylation sites (N-methyl/N-ethyl adjacent to an activating group) is 1. The highest BCUT2D eigenvalue weighted by Gasteiger charge is 2.43. The fourth-order valence-electron chi connectivity index (χ4n) is 1.58. The average molecular weight is 214 g/mol. The Labute approximate surface area is 80.3 Å². The minimum atomic E-state index is -3.89. The van der Waals surface area contributed by atoms with Crippen molar-refractivity contribution in [3.63, 3.8) is 0 Å². The maximum Gasteiger partial charge on any atom is 0.319 e. The van der Waals surface area contributed by atoms with Crippen molar-refractivity contribution in [2.45, 2.75) is 24.8 Å². The molecule has 1 atom stereocenters. The lowest BCUT2D eigenvalue weighted by Crippen LogP contribution is -2.41. The van der Waals surface area contributed by atoms with Gasteiger partial charge in [-0.1, -0.05) is 0 Å². The molecule has 84 valence electrons. The zero-order valence-electron chi connectivity index (χ0n) is 7.94. The highest BCUT2D eigenvalue weighted by molar-refractivity contribution is 4.84. The van der Waals surface area contributed by atoms with Crippen LogP contribution in [0.15, 0.2) is 0 Å². The van der Waals surface area contributed by atoms with Crippen LogP contribution >= 0.6 is 0 Å². The predicted molar refractivity (Wildman–Crippen MR) is 44.9 cm³/mol. The minimum absolute atomic E-state index is 0.142. The summed E-state index contributed by atoms with van der Waals surface area (Å²) in [6.07, 6.45) is -2.84. The van der Waals surface area contributed by atoms with Crippen molar-refractivity contribution in [2.24, 2.45) is 0 Å². The highest BCUT2D eigenvalue weighted by Crippen LogP contribution is 2.25. The van der Waals surface area contributed by atoms with Crippen molar-refractivity contribution in [2.75, 3.05) is 26.7 Å². The van der Waals surface area contributed by atoms with E-state index >= 15 is 0 Å². The monoisotopic (exact) mass is 214 g/mol. The normalized spacial score (nSPS) is 24.9. The van der Waals surface area contributed by atoms with Crippen LogP contribution in [0, 0.1) is 0 Å². The zero-order valence-corrected chi connectivity index (χ0v) is 7.94. The summed E-state index contributed by atoms with van der Waals surface area (Å²) in [4.78, 5) is 1.37. The van der Waals surface area contributed by atoms with Gasteiger partial charge in [-0.15, -0.1) is 0 Å². The summed E-state index contributed by atoms with van der Waals surface area (Å²) in [5.41, 5.74) is 0. The number of alkyl halides is 4. The Morgan fingerprint density at radius 3 is 2.57 bits per heavy atom. The maximum atomic E-state index is 12.6. The largest absolute Gasteiger partial charge is 0.319 e. The smallest absolute Gasteiger partial charge is 0.316 e. The first-order chi connectivity index (χ1) is 6.45. The fraction of sp³-hybridized carbons (Fsp3) is 1.00. The van der Waals surface area contributed by atoms with Crippen LogP contribution in [0.4, 0.5) is 17.6 Å². The van der Waals surface area contributed by atoms with Gasteiger partial charge in [0.1, 0.15) is 0 Å². The molecule has 0 spiro atoms. The Bertz CT molecular complexity index is 186. The van der Waals surface area contributed by atoms with Crippen molar-refractivity contribution in [1.82, 2.24) is 10.2 Å². The maximum absolute atomic E-state index is 12.6. The molecule has 6 heteroatoms. The third-order valence-corrected chi connectivity index (χ3v) is 2.43. The highest BCUT2D eigenvalue weighted by atomic mass is 19.3. The Balaban J connectivity index is 2.39. The van der Waals surface area contributed by atoms with E-state index in [1.54, 1.807) is 7.05 Å². The predicted octanol–water partition coefficient (Wildman–Crippen LogP) is 1.18. The molecule has 1 aliphatic heterocycles. The lowest BCUT2D eigenvalue weighted by molar-refractivity contribution is -0.140. The summed E-state index contributed by atoms with van der Waals surface area (Å²) in [6.45, 7) is 0.0233. The van der Waals surface area contributed by atoms with E-state index in [-0.39, 0.29) is 6.04 Å². The molecule has 0 bridgehead atoms. The van der Waals surface area contributed by atoms with Gasteiger partial charge in [-0.2, -0.15) is 8.78 Å². The van der Waals surface area contributed by atoms with Crippen LogP contribution in [-0.4, -0.2) is 50.0 Å². The average Bonchev–Trinajstić information content (AvgIpc) is 2.51. The summed E-state index contributed by atoms with van der Waals surface area (Å²) in [7, 11) is 1.74. The van der Waals surface area contributed by atoms with E-state index in [1.807, 2.05) is 0 Å². The number of likely N-dealkylation sites (tertiary alicyclic amines) is 1. The van der Waals surface area contributed by atoms with Crippen molar-refractivity contribution in [3.8, 4) is 0 Å². The Kier molecular flexibility index (Phi) is 3.71. The van der Waals surface area contributed by atoms with Crippen molar-refractivity contribution in [3.05, 3.63) is 0 Å². The van der Waals surface area contributed by atoms with Gasteiger partial charge in [-0.25, -0.2) is 8.78 Å². The van der Waals surface area contributed by atoms with Gasteiger partial charge in [0, 0.05) is 12.6 Å². The number of nitrogens with zero attached hydrogens (tertiary/aromatic N) is 1. The molecule has 1 aliphatic rings. The molecule has 1 saturated heterocycles. The Morgan fingerprint density at radius 2 is 2.14 bits per heavy atom. The Hall–Kier alpha value is -0.360. The van der Waals surface area contributed by atoms with Gasteiger partial charge in [0.25, 0.3) is 0 Å². The van der Waals surface area contributed by atoms with Crippen LogP contribution in [0.2, 0.25) is 0 Å². The topological polar surface area (TPSA) is 15.3 Å². The number of hydrogen-bond acceptors (Lipinski definition) is 2. The second-order valence-corrected chi connectivity index (χ2v) is 3.57. The molecule has 0 radical (unpaired) electrons. The lowest BCUT2D eigenvalue weighted by atomic mass is 10.3. The van der Waals surface area contributed by atoms with Crippen molar-refractivity contribution in [1.29, 1.82) is 0 Å². The first-order valence-electron chi connectivity index (χ1n) is 4.51. The number of halogens is 4.